The van der Waals surface area contributed by atoms with Gasteiger partial charge in [0.15, 0.2) is 5.41 Å². The summed E-state index contributed by atoms with van der Waals surface area (Å²) in [6.07, 6.45) is 0. The summed E-state index contributed by atoms with van der Waals surface area (Å²) in [7, 11) is 0. The molecule has 0 aromatic heterocycles. The standard InChI is InChI=1S/C17H18N4O2/c1-3-22-17(23-4-2)16(11-19)13(12-8-6-5-7-9-12)15(16,10-18)14(20)21-17/h5-9,13H,3-4H2,1-2H3,(H2,20,21)/t13-,15-,16+/m0/s1. The fraction of sp³-hybridized carbons (Fsp3) is 0.471. The molecule has 6 heteroatoms. The number of hydrogen-bond acceptors (Lipinski definition) is 6. The summed E-state index contributed by atoms with van der Waals surface area (Å²) in [6, 6.07) is 13.9. The Kier molecular flexibility index (Phi) is 3.40. The van der Waals surface area contributed by atoms with Crippen molar-refractivity contribution in [2.24, 2.45) is 21.6 Å². The first kappa shape index (κ1) is 15.5. The van der Waals surface area contributed by atoms with Gasteiger partial charge in [0.2, 0.25) is 0 Å². The van der Waals surface area contributed by atoms with Crippen molar-refractivity contribution in [3.05, 3.63) is 35.9 Å². The van der Waals surface area contributed by atoms with Crippen LogP contribution in [0.2, 0.25) is 0 Å². The fourth-order valence-electron chi connectivity index (χ4n) is 3.90. The summed E-state index contributed by atoms with van der Waals surface area (Å²) >= 11 is 0. The molecule has 6 nitrogen and oxygen atoms in total. The molecule has 0 bridgehead atoms. The number of rotatable bonds is 5. The van der Waals surface area contributed by atoms with E-state index in [1.807, 2.05) is 30.3 Å². The largest absolute Gasteiger partial charge is 0.386 e. The van der Waals surface area contributed by atoms with Crippen LogP contribution in [0.3, 0.4) is 0 Å². The number of amidine groups is 1. The summed E-state index contributed by atoms with van der Waals surface area (Å²) in [6.45, 7) is 4.18. The van der Waals surface area contributed by atoms with E-state index in [1.54, 1.807) is 13.8 Å². The number of aliphatic imine (C=N–C) groups is 1. The molecule has 1 aromatic carbocycles. The average Bonchev–Trinajstić information content (AvgIpc) is 3.15. The highest BCUT2D eigenvalue weighted by Gasteiger charge is 2.93. The highest BCUT2D eigenvalue weighted by Crippen LogP contribution is 2.81. The topological polar surface area (TPSA) is 104 Å². The lowest BCUT2D eigenvalue weighted by molar-refractivity contribution is -0.255. The first-order valence-corrected chi connectivity index (χ1v) is 7.61. The Balaban J connectivity index is 2.22. The smallest absolute Gasteiger partial charge is 0.293 e. The Hall–Kier alpha value is -2.41. The van der Waals surface area contributed by atoms with E-state index in [4.69, 9.17) is 15.2 Å². The van der Waals surface area contributed by atoms with Crippen LogP contribution in [0.4, 0.5) is 0 Å². The second kappa shape index (κ2) is 5.06. The Morgan fingerprint density at radius 2 is 1.74 bits per heavy atom. The number of fused-ring (bicyclic) bond motifs is 1. The van der Waals surface area contributed by atoms with Crippen molar-refractivity contribution in [3.63, 3.8) is 0 Å². The maximum absolute atomic E-state index is 10.0. The number of nitrogens with zero attached hydrogens (tertiary/aromatic N) is 3. The number of nitrogens with two attached hydrogens (primary N) is 1. The van der Waals surface area contributed by atoms with Crippen LogP contribution in [0.25, 0.3) is 0 Å². The molecule has 1 fully saturated rings. The molecule has 2 aliphatic rings. The van der Waals surface area contributed by atoms with Crippen LogP contribution >= 0.6 is 0 Å². The van der Waals surface area contributed by atoms with Crippen molar-refractivity contribution in [1.29, 1.82) is 10.5 Å². The van der Waals surface area contributed by atoms with E-state index in [2.05, 4.69) is 17.1 Å². The van der Waals surface area contributed by atoms with Gasteiger partial charge in [-0.1, -0.05) is 30.3 Å². The number of ether oxygens (including phenoxy) is 2. The van der Waals surface area contributed by atoms with Gasteiger partial charge in [0, 0.05) is 19.1 Å². The predicted molar refractivity (Wildman–Crippen MR) is 82.9 cm³/mol. The quantitative estimate of drug-likeness (QED) is 0.836. The van der Waals surface area contributed by atoms with Gasteiger partial charge < -0.3 is 15.2 Å². The summed E-state index contributed by atoms with van der Waals surface area (Å²) in [5.74, 6) is -1.86. The molecule has 1 aliphatic heterocycles. The van der Waals surface area contributed by atoms with E-state index in [-0.39, 0.29) is 5.84 Å². The minimum Gasteiger partial charge on any atom is -0.386 e. The third kappa shape index (κ3) is 1.55. The van der Waals surface area contributed by atoms with E-state index < -0.39 is 22.7 Å². The average molecular weight is 310 g/mol. The second-order valence-corrected chi connectivity index (χ2v) is 5.63. The minimum atomic E-state index is -1.54. The molecule has 2 N–H and O–H groups in total. The summed E-state index contributed by atoms with van der Waals surface area (Å²) in [4.78, 5) is 4.30. The van der Waals surface area contributed by atoms with Crippen LogP contribution in [0.15, 0.2) is 35.3 Å². The Labute approximate surface area is 135 Å². The molecule has 3 atom stereocenters. The Bertz CT molecular complexity index is 727. The van der Waals surface area contributed by atoms with Crippen LogP contribution in [0.5, 0.6) is 0 Å². The molecule has 3 rings (SSSR count). The van der Waals surface area contributed by atoms with Crippen molar-refractivity contribution in [3.8, 4) is 12.1 Å². The fourth-order valence-corrected chi connectivity index (χ4v) is 3.90. The lowest BCUT2D eigenvalue weighted by Gasteiger charge is -2.31. The third-order valence-corrected chi connectivity index (χ3v) is 4.74. The van der Waals surface area contributed by atoms with E-state index in [1.165, 1.54) is 0 Å². The lowest BCUT2D eigenvalue weighted by atomic mass is 9.93. The molecule has 0 saturated heterocycles. The molecule has 1 aromatic rings. The van der Waals surface area contributed by atoms with Crippen molar-refractivity contribution in [1.82, 2.24) is 0 Å². The van der Waals surface area contributed by atoms with Crippen LogP contribution in [-0.4, -0.2) is 25.0 Å². The molecule has 1 heterocycles. The van der Waals surface area contributed by atoms with Gasteiger partial charge in [0.25, 0.3) is 5.91 Å². The maximum Gasteiger partial charge on any atom is 0.293 e. The van der Waals surface area contributed by atoms with E-state index >= 15 is 0 Å². The molecule has 1 aliphatic carbocycles. The van der Waals surface area contributed by atoms with Crippen LogP contribution in [-0.2, 0) is 9.47 Å². The normalized spacial score (nSPS) is 33.2. The zero-order chi connectivity index (χ0) is 16.7. The van der Waals surface area contributed by atoms with Crippen molar-refractivity contribution >= 4 is 5.84 Å². The van der Waals surface area contributed by atoms with E-state index in [0.29, 0.717) is 13.2 Å². The zero-order valence-electron chi connectivity index (χ0n) is 13.1. The summed E-state index contributed by atoms with van der Waals surface area (Å²) in [5, 5.41) is 19.9. The molecule has 0 unspecified atom stereocenters. The Morgan fingerprint density at radius 3 is 2.22 bits per heavy atom. The van der Waals surface area contributed by atoms with Gasteiger partial charge in [-0.15, -0.1) is 0 Å². The zero-order valence-corrected chi connectivity index (χ0v) is 13.1. The number of benzene rings is 1. The monoisotopic (exact) mass is 310 g/mol. The molecule has 0 radical (unpaired) electrons. The van der Waals surface area contributed by atoms with Gasteiger partial charge >= 0.3 is 0 Å². The molecule has 0 amide bonds. The number of nitriles is 2. The first-order chi connectivity index (χ1) is 11.1. The summed E-state index contributed by atoms with van der Waals surface area (Å²) in [5.41, 5.74) is 4.48. The Morgan fingerprint density at radius 1 is 1.13 bits per heavy atom. The van der Waals surface area contributed by atoms with Gasteiger partial charge in [-0.25, -0.2) is 4.99 Å². The van der Waals surface area contributed by atoms with Crippen LogP contribution in [0.1, 0.15) is 25.3 Å². The van der Waals surface area contributed by atoms with Crippen molar-refractivity contribution in [2.45, 2.75) is 25.7 Å². The highest BCUT2D eigenvalue weighted by atomic mass is 16.7. The maximum atomic E-state index is 10.0. The molecule has 118 valence electrons. The van der Waals surface area contributed by atoms with Gasteiger partial charge in [-0.3, -0.25) is 0 Å². The van der Waals surface area contributed by atoms with Gasteiger partial charge in [-0.2, -0.15) is 10.5 Å². The van der Waals surface area contributed by atoms with Gasteiger partial charge in [0.05, 0.1) is 12.1 Å². The second-order valence-electron chi connectivity index (χ2n) is 5.63. The first-order valence-electron chi connectivity index (χ1n) is 7.61. The molecule has 0 spiro atoms. The van der Waals surface area contributed by atoms with E-state index in [9.17, 15) is 10.5 Å². The molecule has 1 saturated carbocycles. The molecular formula is C17H18N4O2. The number of hydrogen-bond donors (Lipinski definition) is 1. The SMILES string of the molecule is CCOC1(OCC)N=C(N)[C@]2(C#N)[C@H](c3ccccc3)[C@@]12C#N. The van der Waals surface area contributed by atoms with Gasteiger partial charge in [0.1, 0.15) is 11.3 Å². The third-order valence-electron chi connectivity index (χ3n) is 4.74. The van der Waals surface area contributed by atoms with Gasteiger partial charge in [-0.05, 0) is 19.4 Å². The molecule has 23 heavy (non-hydrogen) atoms. The van der Waals surface area contributed by atoms with E-state index in [0.717, 1.165) is 5.56 Å². The predicted octanol–water partition coefficient (Wildman–Crippen LogP) is 1.90. The highest BCUT2D eigenvalue weighted by molar-refractivity contribution is 6.00. The summed E-state index contributed by atoms with van der Waals surface area (Å²) < 4.78 is 11.5. The molecular weight excluding hydrogens is 292 g/mol. The lowest BCUT2D eigenvalue weighted by Crippen LogP contribution is -2.43. The van der Waals surface area contributed by atoms with Crippen molar-refractivity contribution < 1.29 is 9.47 Å². The van der Waals surface area contributed by atoms with Crippen LogP contribution < -0.4 is 5.73 Å². The van der Waals surface area contributed by atoms with Crippen LogP contribution in [0, 0.1) is 33.5 Å². The minimum absolute atomic E-state index is 0.109. The van der Waals surface area contributed by atoms with Crippen molar-refractivity contribution in [2.75, 3.05) is 13.2 Å².